The van der Waals surface area contributed by atoms with Gasteiger partial charge in [-0.2, -0.15) is 0 Å². The number of aryl methyl sites for hydroxylation is 1. The molecule has 0 amide bonds. The van der Waals surface area contributed by atoms with Crippen LogP contribution in [0.3, 0.4) is 0 Å². The zero-order valence-corrected chi connectivity index (χ0v) is 14.0. The minimum atomic E-state index is 0.0694. The van der Waals surface area contributed by atoms with Gasteiger partial charge in [0.1, 0.15) is 0 Å². The van der Waals surface area contributed by atoms with E-state index in [9.17, 15) is 0 Å². The van der Waals surface area contributed by atoms with Gasteiger partial charge in [-0.15, -0.1) is 0 Å². The molecule has 3 nitrogen and oxygen atoms in total. The van der Waals surface area contributed by atoms with Crippen molar-refractivity contribution in [2.24, 2.45) is 5.84 Å². The Morgan fingerprint density at radius 3 is 2.70 bits per heavy atom. The fraction of sp³-hybridized carbons (Fsp3) is 0.267. The van der Waals surface area contributed by atoms with Gasteiger partial charge < -0.3 is 0 Å². The molecule has 20 heavy (non-hydrogen) atoms. The third-order valence-electron chi connectivity index (χ3n) is 3.83. The molecule has 2 unspecified atom stereocenters. The van der Waals surface area contributed by atoms with Crippen LogP contribution in [0.2, 0.25) is 0 Å². The van der Waals surface area contributed by atoms with Crippen molar-refractivity contribution in [3.63, 3.8) is 0 Å². The van der Waals surface area contributed by atoms with E-state index in [1.54, 1.807) is 0 Å². The molecule has 2 aromatic rings. The van der Waals surface area contributed by atoms with Gasteiger partial charge in [-0.1, -0.05) is 37.9 Å². The number of hydrogen-bond donors (Lipinski definition) is 2. The fourth-order valence-corrected chi connectivity index (χ4v) is 4.30. The summed E-state index contributed by atoms with van der Waals surface area (Å²) in [5.41, 5.74) is 6.65. The van der Waals surface area contributed by atoms with Crippen LogP contribution in [-0.4, -0.2) is 4.98 Å². The number of hydrogen-bond acceptors (Lipinski definition) is 3. The smallest absolute Gasteiger partial charge is 0.0544 e. The van der Waals surface area contributed by atoms with Crippen LogP contribution in [0.25, 0.3) is 0 Å². The molecule has 1 aromatic heterocycles. The summed E-state index contributed by atoms with van der Waals surface area (Å²) >= 11 is 7.07. The highest BCUT2D eigenvalue weighted by atomic mass is 79.9. The average Bonchev–Trinajstić information content (AvgIpc) is 2.83. The Kier molecular flexibility index (Phi) is 4.21. The molecule has 5 heteroatoms. The highest BCUT2D eigenvalue weighted by Crippen LogP contribution is 2.41. The highest BCUT2D eigenvalue weighted by Gasteiger charge is 2.31. The molecule has 104 valence electrons. The topological polar surface area (TPSA) is 50.9 Å². The van der Waals surface area contributed by atoms with Crippen LogP contribution in [0, 0.1) is 0 Å². The van der Waals surface area contributed by atoms with Crippen molar-refractivity contribution >= 4 is 31.9 Å². The Hall–Kier alpha value is -0.750. The van der Waals surface area contributed by atoms with Gasteiger partial charge in [0.2, 0.25) is 0 Å². The molecule has 2 atom stereocenters. The number of nitrogens with zero attached hydrogens (tertiary/aromatic N) is 1. The van der Waals surface area contributed by atoms with Crippen molar-refractivity contribution < 1.29 is 0 Å². The molecule has 0 aliphatic heterocycles. The average molecular weight is 397 g/mol. The highest BCUT2D eigenvalue weighted by molar-refractivity contribution is 9.11. The van der Waals surface area contributed by atoms with Gasteiger partial charge in [0.15, 0.2) is 0 Å². The van der Waals surface area contributed by atoms with Crippen molar-refractivity contribution in [2.75, 3.05) is 0 Å². The monoisotopic (exact) mass is 395 g/mol. The van der Waals surface area contributed by atoms with E-state index in [2.05, 4.69) is 60.5 Å². The molecule has 0 fully saturated rings. The van der Waals surface area contributed by atoms with Gasteiger partial charge >= 0.3 is 0 Å². The first-order valence-corrected chi connectivity index (χ1v) is 8.13. The van der Waals surface area contributed by atoms with Crippen LogP contribution < -0.4 is 11.3 Å². The number of nitrogens with two attached hydrogens (primary N) is 1. The predicted molar refractivity (Wildman–Crippen MR) is 87.2 cm³/mol. The molecular weight excluding hydrogens is 382 g/mol. The number of aromatic nitrogens is 1. The van der Waals surface area contributed by atoms with Gasteiger partial charge in [0, 0.05) is 26.8 Å². The first-order valence-electron chi connectivity index (χ1n) is 6.55. The molecule has 0 saturated carbocycles. The number of fused-ring (bicyclic) bond motifs is 1. The largest absolute Gasteiger partial charge is 0.271 e. The minimum Gasteiger partial charge on any atom is -0.271 e. The standard InChI is InChI=1S/C15H15Br2N3/c16-11-6-10(7-12(17)8-11)15(20-18)13-4-3-9-2-1-5-19-14(9)13/h1-2,5-8,13,15,20H,3-4,18H2. The van der Waals surface area contributed by atoms with E-state index < -0.39 is 0 Å². The van der Waals surface area contributed by atoms with Gasteiger partial charge in [0.25, 0.3) is 0 Å². The lowest BCUT2D eigenvalue weighted by Crippen LogP contribution is -2.32. The molecule has 0 bridgehead atoms. The second kappa shape index (κ2) is 5.93. The van der Waals surface area contributed by atoms with Crippen LogP contribution in [0.4, 0.5) is 0 Å². The summed E-state index contributed by atoms with van der Waals surface area (Å²) in [6, 6.07) is 10.5. The summed E-state index contributed by atoms with van der Waals surface area (Å²) in [6.45, 7) is 0. The number of pyridine rings is 1. The van der Waals surface area contributed by atoms with Crippen LogP contribution in [0.1, 0.15) is 35.2 Å². The molecule has 3 rings (SSSR count). The first-order chi connectivity index (χ1) is 9.69. The number of benzene rings is 1. The lowest BCUT2D eigenvalue weighted by Gasteiger charge is -2.24. The lowest BCUT2D eigenvalue weighted by atomic mass is 9.91. The normalized spacial score (nSPS) is 18.9. The van der Waals surface area contributed by atoms with Crippen LogP contribution in [0.5, 0.6) is 0 Å². The van der Waals surface area contributed by atoms with Crippen LogP contribution >= 0.6 is 31.9 Å². The van der Waals surface area contributed by atoms with E-state index in [4.69, 9.17) is 5.84 Å². The Labute approximate surface area is 135 Å². The summed E-state index contributed by atoms with van der Waals surface area (Å²) in [6.07, 6.45) is 4.01. The Morgan fingerprint density at radius 2 is 2.00 bits per heavy atom. The third-order valence-corrected chi connectivity index (χ3v) is 4.74. The molecule has 1 aliphatic rings. The van der Waals surface area contributed by atoms with Gasteiger partial charge in [-0.05, 0) is 48.2 Å². The summed E-state index contributed by atoms with van der Waals surface area (Å²) in [4.78, 5) is 4.56. The van der Waals surface area contributed by atoms with Crippen LogP contribution in [0.15, 0.2) is 45.5 Å². The number of nitrogens with one attached hydrogen (secondary N) is 1. The first kappa shape index (κ1) is 14.2. The quantitative estimate of drug-likeness (QED) is 0.612. The summed E-state index contributed by atoms with van der Waals surface area (Å²) in [5.74, 6) is 6.15. The maximum atomic E-state index is 5.83. The molecule has 0 saturated heterocycles. The van der Waals surface area contributed by atoms with Crippen molar-refractivity contribution in [2.45, 2.75) is 24.8 Å². The van der Waals surface area contributed by atoms with E-state index in [0.29, 0.717) is 5.92 Å². The summed E-state index contributed by atoms with van der Waals surface area (Å²) in [7, 11) is 0. The van der Waals surface area contributed by atoms with E-state index in [1.807, 2.05) is 18.3 Å². The minimum absolute atomic E-state index is 0.0694. The van der Waals surface area contributed by atoms with Gasteiger partial charge in [-0.25, -0.2) is 0 Å². The van der Waals surface area contributed by atoms with E-state index >= 15 is 0 Å². The second-order valence-corrected chi connectivity index (χ2v) is 6.87. The predicted octanol–water partition coefficient (Wildman–Crippen LogP) is 3.84. The summed E-state index contributed by atoms with van der Waals surface area (Å²) < 4.78 is 2.09. The zero-order valence-electron chi connectivity index (χ0n) is 10.8. The lowest BCUT2D eigenvalue weighted by molar-refractivity contribution is 0.446. The Morgan fingerprint density at radius 1 is 1.25 bits per heavy atom. The molecule has 1 aromatic carbocycles. The van der Waals surface area contributed by atoms with Crippen LogP contribution in [-0.2, 0) is 6.42 Å². The Bertz CT molecular complexity index is 610. The fourth-order valence-electron chi connectivity index (χ4n) is 2.97. The van der Waals surface area contributed by atoms with Crippen molar-refractivity contribution in [3.05, 3.63) is 62.3 Å². The zero-order chi connectivity index (χ0) is 14.1. The Balaban J connectivity index is 1.99. The third kappa shape index (κ3) is 2.68. The van der Waals surface area contributed by atoms with E-state index in [1.165, 1.54) is 11.3 Å². The molecule has 0 spiro atoms. The van der Waals surface area contributed by atoms with Gasteiger partial charge in [0.05, 0.1) is 6.04 Å². The van der Waals surface area contributed by atoms with Crippen molar-refractivity contribution in [1.29, 1.82) is 0 Å². The molecule has 1 heterocycles. The number of rotatable bonds is 3. The molecular formula is C15H15Br2N3. The second-order valence-electron chi connectivity index (χ2n) is 5.04. The maximum Gasteiger partial charge on any atom is 0.0544 e. The molecule has 1 aliphatic carbocycles. The summed E-state index contributed by atoms with van der Waals surface area (Å²) in [5, 5.41) is 0. The van der Waals surface area contributed by atoms with Crippen molar-refractivity contribution in [1.82, 2.24) is 10.4 Å². The molecule has 0 radical (unpaired) electrons. The van der Waals surface area contributed by atoms with E-state index in [-0.39, 0.29) is 6.04 Å². The number of halogens is 2. The van der Waals surface area contributed by atoms with Gasteiger partial charge in [-0.3, -0.25) is 16.3 Å². The van der Waals surface area contributed by atoms with E-state index in [0.717, 1.165) is 27.4 Å². The van der Waals surface area contributed by atoms with Crippen molar-refractivity contribution in [3.8, 4) is 0 Å². The SMILES string of the molecule is NNC(c1cc(Br)cc(Br)c1)C1CCc2cccnc21. The number of hydrazine groups is 1. The maximum absolute atomic E-state index is 5.83. The molecule has 3 N–H and O–H groups in total.